The van der Waals surface area contributed by atoms with Crippen molar-refractivity contribution in [2.24, 2.45) is 0 Å². The van der Waals surface area contributed by atoms with Crippen LogP contribution >= 0.6 is 0 Å². The Bertz CT molecular complexity index is 933. The highest BCUT2D eigenvalue weighted by molar-refractivity contribution is 5.88. The lowest BCUT2D eigenvalue weighted by Crippen LogP contribution is -2.51. The molecule has 0 spiro atoms. The second-order valence-electron chi connectivity index (χ2n) is 7.47. The summed E-state index contributed by atoms with van der Waals surface area (Å²) in [6.45, 7) is 5.48. The first-order chi connectivity index (χ1) is 15.3. The molecule has 9 heteroatoms. The van der Waals surface area contributed by atoms with E-state index in [4.69, 9.17) is 9.47 Å². The summed E-state index contributed by atoms with van der Waals surface area (Å²) in [6, 6.07) is 12.7. The van der Waals surface area contributed by atoms with Gasteiger partial charge in [-0.3, -0.25) is 19.7 Å². The first kappa shape index (κ1) is 24.6. The minimum absolute atomic E-state index is 0.0313. The Balaban J connectivity index is 2.21. The van der Waals surface area contributed by atoms with Gasteiger partial charge in [0.05, 0.1) is 12.0 Å². The summed E-state index contributed by atoms with van der Waals surface area (Å²) in [5.74, 6) is -0.329. The van der Waals surface area contributed by atoms with Gasteiger partial charge in [0.2, 0.25) is 11.7 Å². The smallest absolute Gasteiger partial charge is 0.311 e. The van der Waals surface area contributed by atoms with Crippen LogP contribution in [0.15, 0.2) is 48.5 Å². The van der Waals surface area contributed by atoms with Gasteiger partial charge in [0, 0.05) is 24.7 Å². The van der Waals surface area contributed by atoms with Gasteiger partial charge in [-0.15, -0.1) is 0 Å². The number of nitrogens with zero attached hydrogens (tertiary/aromatic N) is 2. The molecule has 0 aliphatic heterocycles. The molecule has 2 aromatic carbocycles. The van der Waals surface area contributed by atoms with Crippen molar-refractivity contribution in [3.05, 3.63) is 64.2 Å². The molecule has 0 saturated carbocycles. The van der Waals surface area contributed by atoms with E-state index < -0.39 is 11.0 Å². The van der Waals surface area contributed by atoms with E-state index in [1.54, 1.807) is 0 Å². The maximum atomic E-state index is 13.1. The monoisotopic (exact) mass is 443 g/mol. The standard InChI is InChI=1S/C23H29N3O6/c1-5-19(23(28)24-16(2)3)25(14-17-9-7-6-8-10-17)22(27)15-32-18-11-12-20(26(29)30)21(13-18)31-4/h6-13,16,19H,5,14-15H2,1-4H3,(H,24,28). The van der Waals surface area contributed by atoms with Crippen LogP contribution < -0.4 is 14.8 Å². The second-order valence-corrected chi connectivity index (χ2v) is 7.47. The number of nitrogens with one attached hydrogen (secondary N) is 1. The van der Waals surface area contributed by atoms with Crippen LogP contribution in [0.3, 0.4) is 0 Å². The van der Waals surface area contributed by atoms with E-state index in [1.807, 2.05) is 51.1 Å². The quantitative estimate of drug-likeness (QED) is 0.421. The van der Waals surface area contributed by atoms with Crippen molar-refractivity contribution < 1.29 is 24.0 Å². The van der Waals surface area contributed by atoms with Crippen LogP contribution in [0, 0.1) is 10.1 Å². The largest absolute Gasteiger partial charge is 0.490 e. The zero-order valence-corrected chi connectivity index (χ0v) is 18.7. The molecule has 2 rings (SSSR count). The third-order valence-corrected chi connectivity index (χ3v) is 4.72. The van der Waals surface area contributed by atoms with Gasteiger partial charge in [-0.05, 0) is 31.9 Å². The van der Waals surface area contributed by atoms with Gasteiger partial charge in [-0.25, -0.2) is 0 Å². The average Bonchev–Trinajstić information content (AvgIpc) is 2.77. The number of rotatable bonds is 11. The molecule has 0 aliphatic carbocycles. The Morgan fingerprint density at radius 3 is 2.41 bits per heavy atom. The van der Waals surface area contributed by atoms with E-state index in [-0.39, 0.29) is 48.2 Å². The molecule has 0 fully saturated rings. The molecule has 0 heterocycles. The Morgan fingerprint density at radius 2 is 1.84 bits per heavy atom. The van der Waals surface area contributed by atoms with E-state index in [0.29, 0.717) is 6.42 Å². The first-order valence-corrected chi connectivity index (χ1v) is 10.4. The minimum atomic E-state index is -0.667. The molecule has 0 saturated heterocycles. The molecule has 32 heavy (non-hydrogen) atoms. The molecule has 0 bridgehead atoms. The predicted octanol–water partition coefficient (Wildman–Crippen LogP) is 3.31. The molecule has 1 unspecified atom stereocenters. The summed E-state index contributed by atoms with van der Waals surface area (Å²) in [4.78, 5) is 37.9. The number of benzene rings is 2. The van der Waals surface area contributed by atoms with Crippen molar-refractivity contribution in [3.8, 4) is 11.5 Å². The maximum Gasteiger partial charge on any atom is 0.311 e. The Morgan fingerprint density at radius 1 is 1.16 bits per heavy atom. The lowest BCUT2D eigenvalue weighted by molar-refractivity contribution is -0.385. The number of amides is 2. The molecule has 1 atom stereocenters. The fraction of sp³-hybridized carbons (Fsp3) is 0.391. The third kappa shape index (κ3) is 6.69. The first-order valence-electron chi connectivity index (χ1n) is 10.4. The number of hydrogen-bond donors (Lipinski definition) is 1. The van der Waals surface area contributed by atoms with Crippen molar-refractivity contribution in [1.29, 1.82) is 0 Å². The van der Waals surface area contributed by atoms with Crippen molar-refractivity contribution in [2.45, 2.75) is 45.8 Å². The van der Waals surface area contributed by atoms with E-state index in [2.05, 4.69) is 5.32 Å². The number of hydrogen-bond acceptors (Lipinski definition) is 6. The van der Waals surface area contributed by atoms with E-state index >= 15 is 0 Å². The van der Waals surface area contributed by atoms with E-state index in [9.17, 15) is 19.7 Å². The van der Waals surface area contributed by atoms with Crippen LogP contribution in [-0.2, 0) is 16.1 Å². The molecular formula is C23H29N3O6. The van der Waals surface area contributed by atoms with Gasteiger partial charge in [0.1, 0.15) is 11.8 Å². The molecular weight excluding hydrogens is 414 g/mol. The van der Waals surface area contributed by atoms with Gasteiger partial charge in [0.25, 0.3) is 5.91 Å². The molecule has 2 aromatic rings. The summed E-state index contributed by atoms with van der Waals surface area (Å²) in [5.41, 5.74) is 0.682. The SMILES string of the molecule is CCC(C(=O)NC(C)C)N(Cc1ccccc1)C(=O)COc1ccc([N+](=O)[O-])c(OC)c1. The molecule has 0 radical (unpaired) electrons. The van der Waals surface area contributed by atoms with Crippen LogP contribution in [-0.4, -0.2) is 47.4 Å². The number of nitro benzene ring substituents is 1. The minimum Gasteiger partial charge on any atom is -0.490 e. The third-order valence-electron chi connectivity index (χ3n) is 4.72. The highest BCUT2D eigenvalue weighted by atomic mass is 16.6. The summed E-state index contributed by atoms with van der Waals surface area (Å²) < 4.78 is 10.6. The maximum absolute atomic E-state index is 13.1. The van der Waals surface area contributed by atoms with Crippen LogP contribution in [0.1, 0.15) is 32.8 Å². The van der Waals surface area contributed by atoms with Gasteiger partial charge >= 0.3 is 5.69 Å². The molecule has 0 aromatic heterocycles. The number of carbonyl (C=O) groups is 2. The molecule has 172 valence electrons. The molecule has 2 amide bonds. The fourth-order valence-electron chi connectivity index (χ4n) is 3.21. The Hall–Kier alpha value is -3.62. The summed E-state index contributed by atoms with van der Waals surface area (Å²) in [5, 5.41) is 13.9. The van der Waals surface area contributed by atoms with Crippen LogP contribution in [0.2, 0.25) is 0 Å². The van der Waals surface area contributed by atoms with Crippen LogP contribution in [0.25, 0.3) is 0 Å². The van der Waals surface area contributed by atoms with Crippen molar-refractivity contribution in [2.75, 3.05) is 13.7 Å². The lowest BCUT2D eigenvalue weighted by Gasteiger charge is -2.31. The van der Waals surface area contributed by atoms with Gasteiger partial charge in [-0.2, -0.15) is 0 Å². The van der Waals surface area contributed by atoms with E-state index in [0.717, 1.165) is 5.56 Å². The Labute approximate surface area is 187 Å². The fourth-order valence-corrected chi connectivity index (χ4v) is 3.21. The van der Waals surface area contributed by atoms with Gasteiger partial charge in [0.15, 0.2) is 6.61 Å². The number of carbonyl (C=O) groups excluding carboxylic acids is 2. The topological polar surface area (TPSA) is 111 Å². The highest BCUT2D eigenvalue weighted by Crippen LogP contribution is 2.30. The number of nitro groups is 1. The van der Waals surface area contributed by atoms with Crippen molar-refractivity contribution in [3.63, 3.8) is 0 Å². The van der Waals surface area contributed by atoms with Crippen LogP contribution in [0.5, 0.6) is 11.5 Å². The molecule has 1 N–H and O–H groups in total. The Kier molecular flexibility index (Phi) is 9.00. The van der Waals surface area contributed by atoms with Crippen molar-refractivity contribution in [1.82, 2.24) is 10.2 Å². The van der Waals surface area contributed by atoms with Gasteiger partial charge < -0.3 is 19.7 Å². The predicted molar refractivity (Wildman–Crippen MR) is 119 cm³/mol. The van der Waals surface area contributed by atoms with Crippen LogP contribution in [0.4, 0.5) is 5.69 Å². The lowest BCUT2D eigenvalue weighted by atomic mass is 10.1. The summed E-state index contributed by atoms with van der Waals surface area (Å²) in [6.07, 6.45) is 0.433. The molecule has 0 aliphatic rings. The second kappa shape index (κ2) is 11.7. The zero-order valence-electron chi connectivity index (χ0n) is 18.7. The van der Waals surface area contributed by atoms with Crippen molar-refractivity contribution >= 4 is 17.5 Å². The summed E-state index contributed by atoms with van der Waals surface area (Å²) in [7, 11) is 1.32. The number of methoxy groups -OCH3 is 1. The van der Waals surface area contributed by atoms with Gasteiger partial charge in [-0.1, -0.05) is 37.3 Å². The highest BCUT2D eigenvalue weighted by Gasteiger charge is 2.29. The average molecular weight is 444 g/mol. The zero-order chi connectivity index (χ0) is 23.7. The molecule has 9 nitrogen and oxygen atoms in total. The number of ether oxygens (including phenoxy) is 2. The normalized spacial score (nSPS) is 11.5. The summed E-state index contributed by atoms with van der Waals surface area (Å²) >= 11 is 0. The van der Waals surface area contributed by atoms with E-state index in [1.165, 1.54) is 30.2 Å².